The lowest BCUT2D eigenvalue weighted by Crippen LogP contribution is -2.51. The van der Waals surface area contributed by atoms with Crippen LogP contribution < -0.4 is 5.32 Å². The van der Waals surface area contributed by atoms with E-state index in [1.54, 1.807) is 0 Å². The fraction of sp³-hybridized carbons (Fsp3) is 0.871. The number of hydrogen-bond donors (Lipinski definition) is 3. The molecule has 0 heterocycles. The largest absolute Gasteiger partial charge is 0.480 e. The monoisotopic (exact) mass is 581 g/mol. The third kappa shape index (κ3) is 6.81. The quantitative estimate of drug-likeness (QED) is 0.172. The lowest BCUT2D eigenvalue weighted by Gasteiger charge is -2.58. The van der Waals surface area contributed by atoms with Crippen molar-refractivity contribution < 1.29 is 33.4 Å². The average Bonchev–Trinajstić information content (AvgIpc) is 3.24. The predicted octanol–water partition coefficient (Wildman–Crippen LogP) is 7.37. The van der Waals surface area contributed by atoms with Crippen LogP contribution in [-0.2, 0) is 18.6 Å². The SMILES string of the molecule is CC(C)CCC[C@@H](C)[C@H]1CC[C@H]2[C@@H]3CC=C4C[C@@H](OC(=O)NCP(=O)(O)OCC(=O)O)CC[C@]4(C)[C@H]3CC[C@]12C. The number of aliphatic carboxylic acids is 1. The van der Waals surface area contributed by atoms with Gasteiger partial charge in [0.1, 0.15) is 12.4 Å². The molecule has 0 aliphatic heterocycles. The van der Waals surface area contributed by atoms with Gasteiger partial charge in [-0.15, -0.1) is 0 Å². The molecule has 1 unspecified atom stereocenters. The summed E-state index contributed by atoms with van der Waals surface area (Å²) in [4.78, 5) is 32.6. The van der Waals surface area contributed by atoms with Crippen LogP contribution in [0.2, 0.25) is 0 Å². The molecule has 40 heavy (non-hydrogen) atoms. The second kappa shape index (κ2) is 12.5. The van der Waals surface area contributed by atoms with Crippen LogP contribution in [0.3, 0.4) is 0 Å². The molecule has 228 valence electrons. The summed E-state index contributed by atoms with van der Waals surface area (Å²) >= 11 is 0. The van der Waals surface area contributed by atoms with Crippen molar-refractivity contribution in [3.63, 3.8) is 0 Å². The Balaban J connectivity index is 1.34. The van der Waals surface area contributed by atoms with Gasteiger partial charge in [-0.2, -0.15) is 0 Å². The number of amides is 1. The Morgan fingerprint density at radius 2 is 1.85 bits per heavy atom. The van der Waals surface area contributed by atoms with Crippen molar-refractivity contribution in [3.8, 4) is 0 Å². The van der Waals surface area contributed by atoms with E-state index in [1.165, 1.54) is 50.5 Å². The standard InChI is InChI=1S/C31H52NO7P/c1-20(2)7-6-8-21(3)25-11-12-26-24-10-9-22-17-23(13-15-30(22,4)27(24)14-16-31(25,26)5)39-29(35)32-19-40(36,37)38-18-28(33)34/h9,20-21,23-27H,6-8,10-19H2,1-5H3,(H,32,35)(H,33,34)(H,36,37)/t21-,23+,24+,25-,26+,27+,30+,31-/m1/s1. The Morgan fingerprint density at radius 3 is 2.55 bits per heavy atom. The van der Waals surface area contributed by atoms with Crippen molar-refractivity contribution in [3.05, 3.63) is 11.6 Å². The molecule has 1 amide bonds. The van der Waals surface area contributed by atoms with Gasteiger partial charge >= 0.3 is 19.7 Å². The van der Waals surface area contributed by atoms with E-state index < -0.39 is 32.6 Å². The van der Waals surface area contributed by atoms with Gasteiger partial charge in [-0.05, 0) is 91.3 Å². The fourth-order valence-electron chi connectivity index (χ4n) is 9.31. The maximum absolute atomic E-state index is 12.4. The summed E-state index contributed by atoms with van der Waals surface area (Å²) in [6, 6.07) is 0. The Morgan fingerprint density at radius 1 is 1.10 bits per heavy atom. The minimum Gasteiger partial charge on any atom is -0.480 e. The summed E-state index contributed by atoms with van der Waals surface area (Å²) in [7, 11) is -4.24. The van der Waals surface area contributed by atoms with E-state index in [4.69, 9.17) is 9.84 Å². The van der Waals surface area contributed by atoms with Crippen molar-refractivity contribution in [1.29, 1.82) is 0 Å². The Labute approximate surface area is 240 Å². The van der Waals surface area contributed by atoms with Gasteiger partial charge in [-0.3, -0.25) is 9.09 Å². The Hall–Kier alpha value is -1.37. The summed E-state index contributed by atoms with van der Waals surface area (Å²) < 4.78 is 22.0. The lowest BCUT2D eigenvalue weighted by atomic mass is 9.47. The highest BCUT2D eigenvalue weighted by molar-refractivity contribution is 7.52. The maximum atomic E-state index is 12.4. The molecule has 3 N–H and O–H groups in total. The first-order valence-electron chi connectivity index (χ1n) is 15.6. The highest BCUT2D eigenvalue weighted by atomic mass is 31.2. The number of nitrogens with one attached hydrogen (secondary N) is 1. The van der Waals surface area contributed by atoms with Crippen molar-refractivity contribution in [2.24, 2.45) is 46.3 Å². The van der Waals surface area contributed by atoms with Crippen LogP contribution in [0.4, 0.5) is 4.79 Å². The van der Waals surface area contributed by atoms with Crippen molar-refractivity contribution in [1.82, 2.24) is 5.32 Å². The van der Waals surface area contributed by atoms with Crippen LogP contribution in [0, 0.1) is 46.3 Å². The Kier molecular flexibility index (Phi) is 9.84. The van der Waals surface area contributed by atoms with E-state index in [0.29, 0.717) is 17.8 Å². The number of fused-ring (bicyclic) bond motifs is 5. The number of carboxylic acid groups (broad SMARTS) is 1. The summed E-state index contributed by atoms with van der Waals surface area (Å²) in [5, 5.41) is 10.9. The molecule has 0 saturated heterocycles. The molecule has 4 aliphatic carbocycles. The zero-order valence-corrected chi connectivity index (χ0v) is 26.1. The van der Waals surface area contributed by atoms with E-state index in [1.807, 2.05) is 0 Å². The number of ether oxygens (including phenoxy) is 1. The van der Waals surface area contributed by atoms with Crippen LogP contribution >= 0.6 is 7.60 Å². The van der Waals surface area contributed by atoms with Gasteiger partial charge in [0.2, 0.25) is 0 Å². The number of allylic oxidation sites excluding steroid dienone is 1. The third-order valence-corrected chi connectivity index (χ3v) is 12.4. The molecule has 0 radical (unpaired) electrons. The van der Waals surface area contributed by atoms with Crippen LogP contribution in [-0.4, -0.2) is 41.1 Å². The normalized spacial score (nSPS) is 37.4. The molecular formula is C31H52NO7P. The summed E-state index contributed by atoms with van der Waals surface area (Å²) in [6.07, 6.45) is 13.7. The molecule has 4 aliphatic rings. The zero-order valence-electron chi connectivity index (χ0n) is 25.2. The number of rotatable bonds is 11. The number of carbonyl (C=O) groups excluding carboxylic acids is 1. The van der Waals surface area contributed by atoms with Gasteiger partial charge in [0.25, 0.3) is 0 Å². The minimum absolute atomic E-state index is 0.146. The smallest absolute Gasteiger partial charge is 0.407 e. The maximum Gasteiger partial charge on any atom is 0.407 e. The number of carbonyl (C=O) groups is 2. The zero-order chi connectivity index (χ0) is 29.3. The molecule has 3 saturated carbocycles. The predicted molar refractivity (Wildman–Crippen MR) is 155 cm³/mol. The lowest BCUT2D eigenvalue weighted by molar-refractivity contribution is -0.139. The molecule has 0 bridgehead atoms. The number of alkyl carbamates (subject to hydrolysis) is 1. The summed E-state index contributed by atoms with van der Waals surface area (Å²) in [6.45, 7) is 11.3. The van der Waals surface area contributed by atoms with Gasteiger partial charge in [-0.25, -0.2) is 9.59 Å². The van der Waals surface area contributed by atoms with Gasteiger partial charge in [-0.1, -0.05) is 65.5 Å². The molecule has 0 aromatic rings. The fourth-order valence-corrected chi connectivity index (χ4v) is 10.0. The van der Waals surface area contributed by atoms with E-state index in [2.05, 4.69) is 50.5 Å². The van der Waals surface area contributed by atoms with Crippen molar-refractivity contribution in [2.75, 3.05) is 12.9 Å². The third-order valence-electron chi connectivity index (χ3n) is 11.3. The van der Waals surface area contributed by atoms with Crippen molar-refractivity contribution >= 4 is 19.7 Å². The second-order valence-electron chi connectivity index (χ2n) is 14.2. The van der Waals surface area contributed by atoms with Crippen LogP contribution in [0.15, 0.2) is 11.6 Å². The van der Waals surface area contributed by atoms with E-state index in [0.717, 1.165) is 48.9 Å². The molecule has 0 aromatic heterocycles. The van der Waals surface area contributed by atoms with Crippen LogP contribution in [0.5, 0.6) is 0 Å². The van der Waals surface area contributed by atoms with Gasteiger partial charge in [0.15, 0.2) is 6.61 Å². The van der Waals surface area contributed by atoms with Gasteiger partial charge in [0.05, 0.1) is 0 Å². The number of carboxylic acids is 1. The summed E-state index contributed by atoms with van der Waals surface area (Å²) in [5.41, 5.74) is 2.02. The highest BCUT2D eigenvalue weighted by Gasteiger charge is 2.59. The van der Waals surface area contributed by atoms with Crippen LogP contribution in [0.1, 0.15) is 105 Å². The van der Waals surface area contributed by atoms with E-state index in [-0.39, 0.29) is 11.5 Å². The average molecular weight is 582 g/mol. The van der Waals surface area contributed by atoms with Gasteiger partial charge < -0.3 is 20.1 Å². The summed E-state index contributed by atoms with van der Waals surface area (Å²) in [5.74, 6) is 3.31. The van der Waals surface area contributed by atoms with E-state index >= 15 is 0 Å². The molecule has 9 heteroatoms. The Bertz CT molecular complexity index is 1010. The molecule has 3 fully saturated rings. The molecule has 4 rings (SSSR count). The first kappa shape index (κ1) is 31.6. The molecule has 9 atom stereocenters. The molecule has 0 spiro atoms. The first-order chi connectivity index (χ1) is 18.7. The highest BCUT2D eigenvalue weighted by Crippen LogP contribution is 2.67. The number of hydrogen-bond acceptors (Lipinski definition) is 5. The van der Waals surface area contributed by atoms with Crippen LogP contribution in [0.25, 0.3) is 0 Å². The first-order valence-corrected chi connectivity index (χ1v) is 17.3. The second-order valence-corrected chi connectivity index (χ2v) is 16.0. The van der Waals surface area contributed by atoms with Crippen molar-refractivity contribution in [2.45, 2.75) is 111 Å². The molecule has 8 nitrogen and oxygen atoms in total. The molecular weight excluding hydrogens is 529 g/mol. The van der Waals surface area contributed by atoms with Gasteiger partial charge in [0, 0.05) is 6.42 Å². The molecule has 0 aromatic carbocycles. The van der Waals surface area contributed by atoms with E-state index in [9.17, 15) is 19.0 Å². The minimum atomic E-state index is -4.24. The topological polar surface area (TPSA) is 122 Å².